The molecule has 0 spiro atoms. The van der Waals surface area contributed by atoms with Crippen molar-refractivity contribution in [2.45, 2.75) is 26.4 Å². The van der Waals surface area contributed by atoms with Crippen LogP contribution in [0, 0.1) is 0 Å². The van der Waals surface area contributed by atoms with Gasteiger partial charge in [-0.25, -0.2) is 19.1 Å². The highest BCUT2D eigenvalue weighted by Crippen LogP contribution is 2.27. The summed E-state index contributed by atoms with van der Waals surface area (Å²) in [7, 11) is 1.27. The lowest BCUT2D eigenvalue weighted by Crippen LogP contribution is -2.41. The number of carbonyl (C=O) groups excluding carboxylic acids is 3. The SMILES string of the molecule is COC(=O)c1ccn(COc2ccccc2C=C2C(=O)OC(C)(C)OC2=O)n1. The van der Waals surface area contributed by atoms with E-state index >= 15 is 0 Å². The molecule has 0 unspecified atom stereocenters. The minimum Gasteiger partial charge on any atom is -0.471 e. The van der Waals surface area contributed by atoms with E-state index < -0.39 is 23.7 Å². The van der Waals surface area contributed by atoms with Crippen molar-refractivity contribution in [1.82, 2.24) is 9.78 Å². The number of hydrogen-bond acceptors (Lipinski definition) is 8. The van der Waals surface area contributed by atoms with Gasteiger partial charge in [0.05, 0.1) is 7.11 Å². The monoisotopic (exact) mass is 386 g/mol. The van der Waals surface area contributed by atoms with Crippen LogP contribution in [0.5, 0.6) is 5.75 Å². The van der Waals surface area contributed by atoms with E-state index in [-0.39, 0.29) is 18.0 Å². The third-order valence-corrected chi connectivity index (χ3v) is 3.72. The number of ether oxygens (including phenoxy) is 4. The first-order chi connectivity index (χ1) is 13.3. The zero-order valence-corrected chi connectivity index (χ0v) is 15.5. The van der Waals surface area contributed by atoms with E-state index in [9.17, 15) is 14.4 Å². The van der Waals surface area contributed by atoms with E-state index in [4.69, 9.17) is 14.2 Å². The Morgan fingerprint density at radius 2 is 1.86 bits per heavy atom. The summed E-state index contributed by atoms with van der Waals surface area (Å²) in [4.78, 5) is 35.7. The molecule has 1 saturated heterocycles. The number of methoxy groups -OCH3 is 1. The van der Waals surface area contributed by atoms with Crippen molar-refractivity contribution in [1.29, 1.82) is 0 Å². The molecule has 28 heavy (non-hydrogen) atoms. The fourth-order valence-corrected chi connectivity index (χ4v) is 2.45. The highest BCUT2D eigenvalue weighted by atomic mass is 16.7. The summed E-state index contributed by atoms with van der Waals surface area (Å²) in [5.74, 6) is -3.01. The second-order valence-electron chi connectivity index (χ2n) is 6.28. The number of rotatable bonds is 5. The molecule has 2 aromatic rings. The summed E-state index contributed by atoms with van der Waals surface area (Å²) in [6.07, 6.45) is 2.91. The van der Waals surface area contributed by atoms with Crippen molar-refractivity contribution in [2.75, 3.05) is 7.11 Å². The molecule has 9 nitrogen and oxygen atoms in total. The van der Waals surface area contributed by atoms with E-state index in [0.717, 1.165) is 0 Å². The summed E-state index contributed by atoms with van der Waals surface area (Å²) >= 11 is 0. The molecule has 0 aliphatic carbocycles. The van der Waals surface area contributed by atoms with Gasteiger partial charge >= 0.3 is 17.9 Å². The number of para-hydroxylation sites is 1. The van der Waals surface area contributed by atoms with Crippen LogP contribution in [0.3, 0.4) is 0 Å². The average molecular weight is 386 g/mol. The Kier molecular flexibility index (Phi) is 5.16. The van der Waals surface area contributed by atoms with E-state index in [1.807, 2.05) is 0 Å². The summed E-state index contributed by atoms with van der Waals surface area (Å²) in [5.41, 5.74) is 0.394. The Morgan fingerprint density at radius 1 is 1.18 bits per heavy atom. The number of benzene rings is 1. The van der Waals surface area contributed by atoms with E-state index in [1.165, 1.54) is 37.8 Å². The van der Waals surface area contributed by atoms with Crippen LogP contribution >= 0.6 is 0 Å². The maximum Gasteiger partial charge on any atom is 0.358 e. The van der Waals surface area contributed by atoms with Crippen LogP contribution in [0.4, 0.5) is 0 Å². The number of nitrogens with zero attached hydrogens (tertiary/aromatic N) is 2. The van der Waals surface area contributed by atoms with Gasteiger partial charge in [0.15, 0.2) is 12.4 Å². The molecule has 1 fully saturated rings. The lowest BCUT2D eigenvalue weighted by molar-refractivity contribution is -0.222. The predicted molar refractivity (Wildman–Crippen MR) is 94.9 cm³/mol. The summed E-state index contributed by atoms with van der Waals surface area (Å²) in [6.45, 7) is 2.95. The van der Waals surface area contributed by atoms with Gasteiger partial charge in [-0.05, 0) is 18.2 Å². The molecule has 1 aliphatic rings. The topological polar surface area (TPSA) is 106 Å². The normalized spacial score (nSPS) is 15.5. The standard InChI is InChI=1S/C19H18N2O7/c1-19(2)27-16(22)13(17(23)28-19)10-12-6-4-5-7-15(12)26-11-21-9-8-14(20-21)18(24)25-3/h4-10H,11H2,1-3H3. The largest absolute Gasteiger partial charge is 0.471 e. The van der Waals surface area contributed by atoms with Crippen molar-refractivity contribution in [3.63, 3.8) is 0 Å². The van der Waals surface area contributed by atoms with Gasteiger partial charge in [0.25, 0.3) is 5.79 Å². The van der Waals surface area contributed by atoms with Crippen molar-refractivity contribution >= 4 is 24.0 Å². The highest BCUT2D eigenvalue weighted by Gasteiger charge is 2.38. The summed E-state index contributed by atoms with van der Waals surface area (Å²) in [5, 5.41) is 4.03. The average Bonchev–Trinajstić information content (AvgIpc) is 3.11. The van der Waals surface area contributed by atoms with Gasteiger partial charge in [-0.3, -0.25) is 0 Å². The van der Waals surface area contributed by atoms with Gasteiger partial charge in [0.2, 0.25) is 0 Å². The Bertz CT molecular complexity index is 937. The molecule has 2 heterocycles. The molecular weight excluding hydrogens is 368 g/mol. The predicted octanol–water partition coefficient (Wildman–Crippen LogP) is 1.93. The molecule has 3 rings (SSSR count). The molecule has 1 aromatic carbocycles. The lowest BCUT2D eigenvalue weighted by Gasteiger charge is -2.29. The fraction of sp³-hybridized carbons (Fsp3) is 0.263. The smallest absolute Gasteiger partial charge is 0.358 e. The van der Waals surface area contributed by atoms with Crippen molar-refractivity contribution < 1.29 is 33.3 Å². The van der Waals surface area contributed by atoms with Crippen LogP contribution in [-0.2, 0) is 30.5 Å². The van der Waals surface area contributed by atoms with Gasteiger partial charge in [-0.2, -0.15) is 5.10 Å². The van der Waals surface area contributed by atoms with Crippen LogP contribution in [-0.4, -0.2) is 40.6 Å². The molecule has 1 aliphatic heterocycles. The van der Waals surface area contributed by atoms with Crippen LogP contribution in [0.1, 0.15) is 29.9 Å². The first-order valence-electron chi connectivity index (χ1n) is 8.31. The first-order valence-corrected chi connectivity index (χ1v) is 8.31. The van der Waals surface area contributed by atoms with Crippen LogP contribution in [0.15, 0.2) is 42.1 Å². The highest BCUT2D eigenvalue weighted by molar-refractivity contribution is 6.19. The minimum atomic E-state index is -1.31. The van der Waals surface area contributed by atoms with Crippen LogP contribution < -0.4 is 4.74 Å². The quantitative estimate of drug-likeness (QED) is 0.436. The zero-order valence-electron chi connectivity index (χ0n) is 15.5. The molecule has 1 aromatic heterocycles. The number of hydrogen-bond donors (Lipinski definition) is 0. The maximum absolute atomic E-state index is 12.1. The molecule has 0 bridgehead atoms. The number of aromatic nitrogens is 2. The molecule has 0 radical (unpaired) electrons. The van der Waals surface area contributed by atoms with Crippen molar-refractivity contribution in [3.05, 3.63) is 53.4 Å². The summed E-state index contributed by atoms with van der Waals surface area (Å²) in [6, 6.07) is 8.30. The van der Waals surface area contributed by atoms with Gasteiger partial charge in [0, 0.05) is 25.6 Å². The first kappa shape index (κ1) is 19.2. The number of cyclic esters (lactones) is 2. The number of carbonyl (C=O) groups is 3. The van der Waals surface area contributed by atoms with Crippen LogP contribution in [0.25, 0.3) is 6.08 Å². The lowest BCUT2D eigenvalue weighted by atomic mass is 10.1. The second-order valence-corrected chi connectivity index (χ2v) is 6.28. The molecule has 0 amide bonds. The minimum absolute atomic E-state index is 0.000888. The Hall–Kier alpha value is -3.62. The van der Waals surface area contributed by atoms with Gasteiger partial charge in [-0.1, -0.05) is 18.2 Å². The third-order valence-electron chi connectivity index (χ3n) is 3.72. The Balaban J connectivity index is 1.78. The third kappa shape index (κ3) is 4.20. The maximum atomic E-state index is 12.1. The molecule has 0 saturated carbocycles. The molecule has 9 heteroatoms. The molecular formula is C19H18N2O7. The Labute approximate surface area is 160 Å². The van der Waals surface area contributed by atoms with Crippen molar-refractivity contribution in [3.8, 4) is 5.75 Å². The van der Waals surface area contributed by atoms with Gasteiger partial charge in [-0.15, -0.1) is 0 Å². The molecule has 0 atom stereocenters. The van der Waals surface area contributed by atoms with E-state index in [1.54, 1.807) is 30.5 Å². The van der Waals surface area contributed by atoms with Crippen molar-refractivity contribution in [2.24, 2.45) is 0 Å². The number of esters is 3. The van der Waals surface area contributed by atoms with E-state index in [0.29, 0.717) is 11.3 Å². The Morgan fingerprint density at radius 3 is 2.54 bits per heavy atom. The van der Waals surface area contributed by atoms with E-state index in [2.05, 4.69) is 9.84 Å². The fourth-order valence-electron chi connectivity index (χ4n) is 2.45. The van der Waals surface area contributed by atoms with Gasteiger partial charge in [0.1, 0.15) is 11.3 Å². The molecule has 146 valence electrons. The summed E-state index contributed by atoms with van der Waals surface area (Å²) < 4.78 is 21.9. The second kappa shape index (κ2) is 7.55. The molecule has 0 N–H and O–H groups in total. The zero-order chi connectivity index (χ0) is 20.3. The van der Waals surface area contributed by atoms with Gasteiger partial charge < -0.3 is 18.9 Å². The van der Waals surface area contributed by atoms with Crippen LogP contribution in [0.2, 0.25) is 0 Å².